The monoisotopic (exact) mass is 353 g/mol. The lowest BCUT2D eigenvalue weighted by Crippen LogP contribution is -2.45. The van der Waals surface area contributed by atoms with Crippen LogP contribution < -0.4 is 5.32 Å². The van der Waals surface area contributed by atoms with Crippen LogP contribution >= 0.6 is 11.3 Å². The molecule has 0 radical (unpaired) electrons. The van der Waals surface area contributed by atoms with E-state index in [0.717, 1.165) is 32.2 Å². The van der Waals surface area contributed by atoms with Crippen molar-refractivity contribution in [2.24, 2.45) is 5.92 Å². The molecule has 0 spiro atoms. The van der Waals surface area contributed by atoms with Crippen LogP contribution in [0.25, 0.3) is 10.1 Å². The fourth-order valence-corrected chi connectivity index (χ4v) is 4.66. The summed E-state index contributed by atoms with van der Waals surface area (Å²) in [5, 5.41) is 6.76. The second-order valence-corrected chi connectivity index (χ2v) is 7.88. The number of carbonyl (C=O) groups is 1. The van der Waals surface area contributed by atoms with E-state index in [1.807, 2.05) is 18.7 Å². The molecular weight excluding hydrogens is 330 g/mol. The highest BCUT2D eigenvalue weighted by Crippen LogP contribution is 2.29. The lowest BCUT2D eigenvalue weighted by molar-refractivity contribution is -0.122. The van der Waals surface area contributed by atoms with E-state index < -0.39 is 0 Å². The van der Waals surface area contributed by atoms with Crippen LogP contribution in [0.1, 0.15) is 31.2 Å². The van der Waals surface area contributed by atoms with Gasteiger partial charge in [0.05, 0.1) is 6.33 Å². The molecule has 1 aliphatic carbocycles. The fraction of sp³-hybridized carbons (Fsp3) is 0.400. The first-order valence-electron chi connectivity index (χ1n) is 8.98. The lowest BCUT2D eigenvalue weighted by Gasteiger charge is -2.36. The molecule has 4 nitrogen and oxygen atoms in total. The maximum atomic E-state index is 12.1. The summed E-state index contributed by atoms with van der Waals surface area (Å²) in [7, 11) is 0. The Morgan fingerprint density at radius 3 is 3.04 bits per heavy atom. The highest BCUT2D eigenvalue weighted by atomic mass is 32.1. The second-order valence-electron chi connectivity index (χ2n) is 6.97. The van der Waals surface area contributed by atoms with Crippen molar-refractivity contribution >= 4 is 27.3 Å². The molecule has 0 atom stereocenters. The van der Waals surface area contributed by atoms with Gasteiger partial charge in [0.15, 0.2) is 0 Å². The molecule has 25 heavy (non-hydrogen) atoms. The van der Waals surface area contributed by atoms with E-state index in [-0.39, 0.29) is 5.91 Å². The molecule has 0 aliphatic heterocycles. The Balaban J connectivity index is 1.16. The van der Waals surface area contributed by atoms with Crippen molar-refractivity contribution in [3.8, 4) is 0 Å². The molecule has 1 aliphatic rings. The summed E-state index contributed by atoms with van der Waals surface area (Å²) >= 11 is 1.79. The predicted molar refractivity (Wildman–Crippen MR) is 102 cm³/mol. The predicted octanol–water partition coefficient (Wildman–Crippen LogP) is 4.02. The number of nitrogens with zero attached hydrogens (tertiary/aromatic N) is 2. The topological polar surface area (TPSA) is 46.9 Å². The first-order valence-corrected chi connectivity index (χ1v) is 9.86. The number of imidazole rings is 1. The van der Waals surface area contributed by atoms with Gasteiger partial charge >= 0.3 is 0 Å². The van der Waals surface area contributed by atoms with Gasteiger partial charge in [-0.1, -0.05) is 18.2 Å². The molecule has 5 heteroatoms. The third kappa shape index (κ3) is 3.93. The first kappa shape index (κ1) is 16.3. The van der Waals surface area contributed by atoms with Crippen LogP contribution in [0.4, 0.5) is 0 Å². The molecule has 1 amide bonds. The summed E-state index contributed by atoms with van der Waals surface area (Å²) in [6.07, 6.45) is 10.4. The lowest BCUT2D eigenvalue weighted by atomic mass is 9.80. The minimum absolute atomic E-state index is 0.200. The van der Waals surface area contributed by atoms with Crippen molar-refractivity contribution in [3.05, 3.63) is 53.9 Å². The zero-order valence-electron chi connectivity index (χ0n) is 14.2. The number of carbonyl (C=O) groups excluding carboxylic acids is 1. The van der Waals surface area contributed by atoms with Gasteiger partial charge in [0.25, 0.3) is 0 Å². The number of benzene rings is 1. The second kappa shape index (κ2) is 7.40. The number of amides is 1. The van der Waals surface area contributed by atoms with Crippen LogP contribution in [0.15, 0.2) is 48.4 Å². The van der Waals surface area contributed by atoms with Crippen molar-refractivity contribution in [1.82, 2.24) is 14.9 Å². The Hall–Kier alpha value is -2.14. The van der Waals surface area contributed by atoms with Crippen LogP contribution in [0.5, 0.6) is 0 Å². The molecule has 2 heterocycles. The van der Waals surface area contributed by atoms with Gasteiger partial charge in [-0.05, 0) is 54.0 Å². The van der Waals surface area contributed by atoms with E-state index in [4.69, 9.17) is 0 Å². The van der Waals surface area contributed by atoms with Gasteiger partial charge < -0.3 is 9.88 Å². The van der Waals surface area contributed by atoms with Gasteiger partial charge in [-0.2, -0.15) is 0 Å². The van der Waals surface area contributed by atoms with Crippen molar-refractivity contribution < 1.29 is 4.79 Å². The molecule has 1 N–H and O–H groups in total. The largest absolute Gasteiger partial charge is 0.353 e. The Kier molecular flexibility index (Phi) is 4.83. The highest BCUT2D eigenvalue weighted by Gasteiger charge is 2.30. The maximum absolute atomic E-state index is 12.1. The zero-order valence-corrected chi connectivity index (χ0v) is 15.0. The molecule has 1 saturated carbocycles. The van der Waals surface area contributed by atoms with Crippen LogP contribution in [-0.4, -0.2) is 21.5 Å². The number of nitrogens with one attached hydrogen (secondary N) is 1. The number of thiophene rings is 1. The molecule has 0 unspecified atom stereocenters. The Bertz CT molecular complexity index is 834. The van der Waals surface area contributed by atoms with Crippen molar-refractivity contribution in [2.75, 3.05) is 0 Å². The van der Waals surface area contributed by atoms with E-state index in [1.165, 1.54) is 15.6 Å². The van der Waals surface area contributed by atoms with Gasteiger partial charge in [-0.25, -0.2) is 4.98 Å². The number of hydrogen-bond acceptors (Lipinski definition) is 3. The standard InChI is InChI=1S/C20H23N3OS/c24-20(22-17-10-15(11-17)12-23-9-8-21-14-23)7-3-4-16-13-25-19-6-2-1-5-18(16)19/h1-2,5-6,8-9,13-15,17H,3-4,7,10-12H2,(H,22,24). The van der Waals surface area contributed by atoms with E-state index in [0.29, 0.717) is 18.4 Å². The minimum Gasteiger partial charge on any atom is -0.353 e. The molecule has 2 aromatic heterocycles. The summed E-state index contributed by atoms with van der Waals surface area (Å²) in [6.45, 7) is 1.01. The number of aryl methyl sites for hydroxylation is 1. The molecule has 3 aromatic rings. The SMILES string of the molecule is O=C(CCCc1csc2ccccc12)NC1CC(Cn2ccnc2)C1. The number of fused-ring (bicyclic) bond motifs is 1. The van der Waals surface area contributed by atoms with E-state index in [1.54, 1.807) is 11.3 Å². The maximum Gasteiger partial charge on any atom is 0.220 e. The van der Waals surface area contributed by atoms with Gasteiger partial charge in [0.1, 0.15) is 0 Å². The minimum atomic E-state index is 0.200. The number of hydrogen-bond donors (Lipinski definition) is 1. The van der Waals surface area contributed by atoms with Crippen LogP contribution in [-0.2, 0) is 17.8 Å². The van der Waals surface area contributed by atoms with Gasteiger partial charge in [0, 0.05) is 36.1 Å². The molecular formula is C20H23N3OS. The summed E-state index contributed by atoms with van der Waals surface area (Å²) < 4.78 is 3.45. The third-order valence-electron chi connectivity index (χ3n) is 5.04. The van der Waals surface area contributed by atoms with E-state index in [9.17, 15) is 4.79 Å². The molecule has 1 fully saturated rings. The fourth-order valence-electron chi connectivity index (χ4n) is 3.66. The van der Waals surface area contributed by atoms with Crippen molar-refractivity contribution in [3.63, 3.8) is 0 Å². The normalized spacial score (nSPS) is 19.7. The van der Waals surface area contributed by atoms with Crippen LogP contribution in [0.2, 0.25) is 0 Å². The van der Waals surface area contributed by atoms with Crippen LogP contribution in [0, 0.1) is 5.92 Å². The van der Waals surface area contributed by atoms with E-state index in [2.05, 4.69) is 44.5 Å². The van der Waals surface area contributed by atoms with E-state index >= 15 is 0 Å². The van der Waals surface area contributed by atoms with Crippen LogP contribution in [0.3, 0.4) is 0 Å². The van der Waals surface area contributed by atoms with Crippen molar-refractivity contribution in [1.29, 1.82) is 0 Å². The summed E-state index contributed by atoms with van der Waals surface area (Å²) in [5.41, 5.74) is 1.37. The van der Waals surface area contributed by atoms with Gasteiger partial charge in [0.2, 0.25) is 5.91 Å². The van der Waals surface area contributed by atoms with Gasteiger partial charge in [-0.15, -0.1) is 11.3 Å². The average molecular weight is 353 g/mol. The quantitative estimate of drug-likeness (QED) is 0.697. The third-order valence-corrected chi connectivity index (χ3v) is 6.05. The molecule has 130 valence electrons. The summed E-state index contributed by atoms with van der Waals surface area (Å²) in [6, 6.07) is 8.86. The zero-order chi connectivity index (χ0) is 17.1. The first-order chi connectivity index (χ1) is 12.3. The smallest absolute Gasteiger partial charge is 0.220 e. The Morgan fingerprint density at radius 1 is 1.32 bits per heavy atom. The highest BCUT2D eigenvalue weighted by molar-refractivity contribution is 7.17. The Labute approximate surface area is 151 Å². The Morgan fingerprint density at radius 2 is 2.20 bits per heavy atom. The molecule has 0 saturated heterocycles. The van der Waals surface area contributed by atoms with Crippen molar-refractivity contribution in [2.45, 2.75) is 44.7 Å². The number of aromatic nitrogens is 2. The number of rotatable bonds is 7. The van der Waals surface area contributed by atoms with Gasteiger partial charge in [-0.3, -0.25) is 4.79 Å². The summed E-state index contributed by atoms with van der Waals surface area (Å²) in [4.78, 5) is 16.2. The average Bonchev–Trinajstić information content (AvgIpc) is 3.23. The molecule has 1 aromatic carbocycles. The molecule has 0 bridgehead atoms. The summed E-state index contributed by atoms with van der Waals surface area (Å²) in [5.74, 6) is 0.863. The molecule has 4 rings (SSSR count).